The molecule has 0 saturated heterocycles. The molecular weight excluding hydrogens is 579 g/mol. The Kier molecular flexibility index (Phi) is 7.27. The number of hydrogen-bond acceptors (Lipinski definition) is 4. The maximum Gasteiger partial charge on any atom is 0.265 e. The molecule has 7 nitrogen and oxygen atoms in total. The van der Waals surface area contributed by atoms with Crippen molar-refractivity contribution in [2.45, 2.75) is 23.9 Å². The van der Waals surface area contributed by atoms with Crippen LogP contribution in [0.2, 0.25) is 0 Å². The maximum atomic E-state index is 14.0. The molecule has 7 aromatic rings. The quantitative estimate of drug-likeness (QED) is 0.175. The first kappa shape index (κ1) is 28.3. The number of benzene rings is 5. The van der Waals surface area contributed by atoms with Gasteiger partial charge in [-0.2, -0.15) is 10.2 Å². The van der Waals surface area contributed by atoms with E-state index in [-0.39, 0.29) is 4.90 Å². The first-order valence-electron chi connectivity index (χ1n) is 14.7. The molecule has 0 unspecified atom stereocenters. The molecule has 45 heavy (non-hydrogen) atoms. The fourth-order valence-corrected chi connectivity index (χ4v) is 7.15. The Bertz CT molecular complexity index is 2080. The minimum atomic E-state index is -4.03. The van der Waals surface area contributed by atoms with Gasteiger partial charge in [0.15, 0.2) is 0 Å². The Morgan fingerprint density at radius 1 is 0.689 bits per heavy atom. The van der Waals surface area contributed by atoms with Gasteiger partial charge in [0, 0.05) is 11.6 Å². The van der Waals surface area contributed by atoms with Crippen molar-refractivity contribution in [3.05, 3.63) is 180 Å². The third-order valence-corrected chi connectivity index (χ3v) is 9.48. The number of hydrogen-bond donors (Lipinski definition) is 1. The number of aryl methyl sites for hydroxylation is 1. The van der Waals surface area contributed by atoms with E-state index in [2.05, 4.69) is 4.72 Å². The highest BCUT2D eigenvalue weighted by molar-refractivity contribution is 7.92. The van der Waals surface area contributed by atoms with Crippen LogP contribution in [0.15, 0.2) is 157 Å². The summed E-state index contributed by atoms with van der Waals surface area (Å²) in [6.07, 6.45) is 3.03. The lowest BCUT2D eigenvalue weighted by atomic mass is 9.77. The zero-order valence-electron chi connectivity index (χ0n) is 24.7. The van der Waals surface area contributed by atoms with Crippen LogP contribution in [0.25, 0.3) is 10.9 Å². The molecule has 2 heterocycles. The van der Waals surface area contributed by atoms with E-state index in [1.807, 2.05) is 145 Å². The fourth-order valence-electron chi connectivity index (χ4n) is 6.15. The zero-order valence-corrected chi connectivity index (χ0v) is 25.5. The third-order valence-electron chi connectivity index (χ3n) is 8.16. The van der Waals surface area contributed by atoms with Crippen LogP contribution in [0.5, 0.6) is 0 Å². The fraction of sp³-hybridized carbons (Fsp3) is 0.0811. The molecule has 0 aliphatic carbocycles. The minimum Gasteiger partial charge on any atom is -0.279 e. The zero-order chi connectivity index (χ0) is 30.9. The summed E-state index contributed by atoms with van der Waals surface area (Å²) in [5.41, 5.74) is 5.11. The summed E-state index contributed by atoms with van der Waals surface area (Å²) in [5, 5.41) is 10.2. The van der Waals surface area contributed by atoms with Crippen molar-refractivity contribution in [3.8, 4) is 0 Å². The average Bonchev–Trinajstić information content (AvgIpc) is 3.70. The third kappa shape index (κ3) is 5.09. The second-order valence-corrected chi connectivity index (χ2v) is 12.6. The van der Waals surface area contributed by atoms with Crippen LogP contribution in [0.1, 0.15) is 27.9 Å². The SMILES string of the molecule is Cc1nn(Cc2ccccc2)c2cccc(NS(=O)(=O)c3cnn(C(c4ccccc4)(c4ccccc4)c4ccccc4)c3)c12. The lowest BCUT2D eigenvalue weighted by molar-refractivity contribution is 0.459. The molecule has 0 aliphatic heterocycles. The largest absolute Gasteiger partial charge is 0.279 e. The van der Waals surface area contributed by atoms with Crippen molar-refractivity contribution in [2.24, 2.45) is 0 Å². The molecule has 0 amide bonds. The maximum absolute atomic E-state index is 14.0. The molecule has 7 rings (SSSR count). The molecule has 0 bridgehead atoms. The van der Waals surface area contributed by atoms with Crippen LogP contribution in [0, 0.1) is 6.92 Å². The highest BCUT2D eigenvalue weighted by Gasteiger charge is 2.40. The predicted octanol–water partition coefficient (Wildman–Crippen LogP) is 7.23. The molecule has 1 N–H and O–H groups in total. The monoisotopic (exact) mass is 609 g/mol. The lowest BCUT2D eigenvalue weighted by Crippen LogP contribution is -2.38. The number of sulfonamides is 1. The summed E-state index contributed by atoms with van der Waals surface area (Å²) in [4.78, 5) is 0.0565. The first-order valence-corrected chi connectivity index (χ1v) is 16.2. The average molecular weight is 610 g/mol. The highest BCUT2D eigenvalue weighted by atomic mass is 32.2. The topological polar surface area (TPSA) is 81.8 Å². The Morgan fingerprint density at radius 3 is 1.78 bits per heavy atom. The summed E-state index contributed by atoms with van der Waals surface area (Å²) in [7, 11) is -4.03. The number of nitrogens with zero attached hydrogens (tertiary/aromatic N) is 4. The molecular formula is C37H31N5O2S. The Balaban J connectivity index is 1.32. The second kappa shape index (κ2) is 11.6. The molecule has 0 saturated carbocycles. The van der Waals surface area contributed by atoms with Gasteiger partial charge in [-0.15, -0.1) is 0 Å². The predicted molar refractivity (Wildman–Crippen MR) is 178 cm³/mol. The van der Waals surface area contributed by atoms with E-state index >= 15 is 0 Å². The summed E-state index contributed by atoms with van der Waals surface area (Å²) in [5.74, 6) is 0. The number of nitrogens with one attached hydrogen (secondary N) is 1. The molecule has 5 aromatic carbocycles. The van der Waals surface area contributed by atoms with Crippen LogP contribution in [-0.4, -0.2) is 28.0 Å². The van der Waals surface area contributed by atoms with Crippen molar-refractivity contribution in [1.29, 1.82) is 0 Å². The number of anilines is 1. The molecule has 0 atom stereocenters. The van der Waals surface area contributed by atoms with Crippen molar-refractivity contribution in [1.82, 2.24) is 19.6 Å². The summed E-state index contributed by atoms with van der Waals surface area (Å²) in [6.45, 7) is 2.47. The van der Waals surface area contributed by atoms with Crippen LogP contribution in [0.4, 0.5) is 5.69 Å². The van der Waals surface area contributed by atoms with Gasteiger partial charge in [-0.25, -0.2) is 8.42 Å². The standard InChI is InChI=1S/C37H31N5O2S/c1-28-36-34(23-14-24-35(36)41(39-28)26-29-15-6-2-7-16-29)40-45(43,44)33-25-38-42(27-33)37(30-17-8-3-9-18-30,31-19-10-4-11-20-31)32-21-12-5-13-22-32/h2-25,27,40H,26H2,1H3. The van der Waals surface area contributed by atoms with E-state index in [4.69, 9.17) is 10.2 Å². The summed E-state index contributed by atoms with van der Waals surface area (Å²) >= 11 is 0. The molecule has 0 radical (unpaired) electrons. The van der Waals surface area contributed by atoms with E-state index in [9.17, 15) is 8.42 Å². The van der Waals surface area contributed by atoms with Gasteiger partial charge in [-0.1, -0.05) is 127 Å². The summed E-state index contributed by atoms with van der Waals surface area (Å²) in [6, 6.07) is 45.7. The van der Waals surface area contributed by atoms with Crippen molar-refractivity contribution in [3.63, 3.8) is 0 Å². The van der Waals surface area contributed by atoms with Gasteiger partial charge < -0.3 is 0 Å². The minimum absolute atomic E-state index is 0.0565. The van der Waals surface area contributed by atoms with Gasteiger partial charge in [0.2, 0.25) is 0 Å². The summed E-state index contributed by atoms with van der Waals surface area (Å²) < 4.78 is 34.5. The van der Waals surface area contributed by atoms with E-state index in [0.29, 0.717) is 12.2 Å². The van der Waals surface area contributed by atoms with Gasteiger partial charge in [0.25, 0.3) is 10.0 Å². The molecule has 222 valence electrons. The van der Waals surface area contributed by atoms with Crippen LogP contribution in [0.3, 0.4) is 0 Å². The van der Waals surface area contributed by atoms with Crippen molar-refractivity contribution in [2.75, 3.05) is 4.72 Å². The molecule has 8 heteroatoms. The highest BCUT2D eigenvalue weighted by Crippen LogP contribution is 2.41. The van der Waals surface area contributed by atoms with Gasteiger partial charge >= 0.3 is 0 Å². The van der Waals surface area contributed by atoms with E-state index < -0.39 is 15.6 Å². The van der Waals surface area contributed by atoms with Crippen LogP contribution >= 0.6 is 0 Å². The lowest BCUT2D eigenvalue weighted by Gasteiger charge is -2.36. The molecule has 2 aromatic heterocycles. The smallest absolute Gasteiger partial charge is 0.265 e. The number of rotatable bonds is 9. The van der Waals surface area contributed by atoms with E-state index in [0.717, 1.165) is 38.9 Å². The molecule has 0 spiro atoms. The number of fused-ring (bicyclic) bond motifs is 1. The second-order valence-electron chi connectivity index (χ2n) is 11.0. The van der Waals surface area contributed by atoms with Crippen molar-refractivity contribution >= 4 is 26.6 Å². The molecule has 0 aliphatic rings. The van der Waals surface area contributed by atoms with E-state index in [1.54, 1.807) is 16.9 Å². The number of aromatic nitrogens is 4. The Hall–Kier alpha value is -5.47. The van der Waals surface area contributed by atoms with Gasteiger partial charge in [0.1, 0.15) is 10.4 Å². The Morgan fingerprint density at radius 2 is 1.22 bits per heavy atom. The van der Waals surface area contributed by atoms with Crippen molar-refractivity contribution < 1.29 is 8.42 Å². The normalized spacial score (nSPS) is 11.9. The van der Waals surface area contributed by atoms with Crippen LogP contribution in [-0.2, 0) is 22.1 Å². The van der Waals surface area contributed by atoms with Gasteiger partial charge in [-0.3, -0.25) is 14.1 Å². The van der Waals surface area contributed by atoms with E-state index in [1.165, 1.54) is 6.20 Å². The first-order chi connectivity index (χ1) is 22.0. The van der Waals surface area contributed by atoms with Gasteiger partial charge in [0.05, 0.1) is 29.6 Å². The Labute approximate surface area is 262 Å². The van der Waals surface area contributed by atoms with Gasteiger partial charge in [-0.05, 0) is 41.3 Å². The molecule has 0 fully saturated rings. The van der Waals surface area contributed by atoms with Crippen LogP contribution < -0.4 is 4.72 Å².